The van der Waals surface area contributed by atoms with Gasteiger partial charge >= 0.3 is 0 Å². The first-order chi connectivity index (χ1) is 23.2. The SMILES string of the molecule is CC1(C)CCC(C)(C)c2cc(-c3nc4c(-c5[c-]c(-c6ccccn6)cc(-c6ccccc6)c5)cccc4n3-c3ccccc3)c(O)cc21.[Pt]. The Morgan fingerprint density at radius 3 is 2.00 bits per heavy atom. The Morgan fingerprint density at radius 1 is 0.653 bits per heavy atom. The molecule has 1 N–H and O–H groups in total. The van der Waals surface area contributed by atoms with E-state index in [0.29, 0.717) is 5.82 Å². The summed E-state index contributed by atoms with van der Waals surface area (Å²) in [7, 11) is 0. The van der Waals surface area contributed by atoms with E-state index >= 15 is 0 Å². The smallest absolute Gasteiger partial charge is 0.148 e. The van der Waals surface area contributed by atoms with E-state index in [4.69, 9.17) is 4.98 Å². The fourth-order valence-electron chi connectivity index (χ4n) is 7.29. The number of pyridine rings is 1. The molecular formula is C44H38N3OPt-. The van der Waals surface area contributed by atoms with Gasteiger partial charge in [0.05, 0.1) is 16.6 Å². The van der Waals surface area contributed by atoms with Gasteiger partial charge in [-0.05, 0) is 76.8 Å². The van der Waals surface area contributed by atoms with Crippen molar-refractivity contribution in [3.05, 3.63) is 145 Å². The second-order valence-corrected chi connectivity index (χ2v) is 14.2. The monoisotopic (exact) mass is 819 g/mol. The standard InChI is InChI=1S/C44H38N3O.Pt/c1-43(2)21-22-44(3,4)37-28-40(48)35(27-36(37)43)42-46-41-34(18-13-20-39(41)47(42)33-16-9-6-10-17-33)31-24-30(29-14-7-5-8-15-29)25-32(26-31)38-19-11-12-23-45-38;/h5-20,23-25,27-28,48H,21-22H2,1-4H3;/q-1;. The zero-order valence-corrected chi connectivity index (χ0v) is 30.4. The van der Waals surface area contributed by atoms with E-state index in [-0.39, 0.29) is 37.6 Å². The largest absolute Gasteiger partial charge is 0.507 e. The molecule has 0 unspecified atom stereocenters. The third-order valence-corrected chi connectivity index (χ3v) is 10.1. The molecule has 49 heavy (non-hydrogen) atoms. The molecule has 5 aromatic carbocycles. The molecule has 0 radical (unpaired) electrons. The van der Waals surface area contributed by atoms with Crippen LogP contribution in [-0.4, -0.2) is 19.6 Å². The van der Waals surface area contributed by atoms with Crippen molar-refractivity contribution in [2.24, 2.45) is 0 Å². The number of hydrogen-bond acceptors (Lipinski definition) is 3. The number of para-hydroxylation sites is 2. The Labute approximate surface area is 302 Å². The third kappa shape index (κ3) is 5.83. The zero-order valence-electron chi connectivity index (χ0n) is 28.1. The van der Waals surface area contributed by atoms with Gasteiger partial charge in [0.25, 0.3) is 0 Å². The number of imidazole rings is 1. The van der Waals surface area contributed by atoms with Crippen LogP contribution in [0.3, 0.4) is 0 Å². The molecule has 7 aromatic rings. The van der Waals surface area contributed by atoms with Crippen molar-refractivity contribution < 1.29 is 26.2 Å². The van der Waals surface area contributed by atoms with E-state index < -0.39 is 0 Å². The molecule has 5 heteroatoms. The number of aromatic nitrogens is 3. The second kappa shape index (κ2) is 12.6. The molecule has 1 aliphatic carbocycles. The van der Waals surface area contributed by atoms with Crippen molar-refractivity contribution in [2.75, 3.05) is 0 Å². The molecule has 0 amide bonds. The second-order valence-electron chi connectivity index (χ2n) is 14.2. The fraction of sp³-hybridized carbons (Fsp3) is 0.182. The van der Waals surface area contributed by atoms with Crippen LogP contribution in [0.15, 0.2) is 128 Å². The summed E-state index contributed by atoms with van der Waals surface area (Å²) in [5.74, 6) is 0.968. The average molecular weight is 820 g/mol. The Kier molecular flexibility index (Phi) is 8.41. The molecule has 2 aromatic heterocycles. The number of fused-ring (bicyclic) bond motifs is 2. The molecule has 0 saturated carbocycles. The molecule has 246 valence electrons. The summed E-state index contributed by atoms with van der Waals surface area (Å²) in [6, 6.07) is 45.3. The van der Waals surface area contributed by atoms with Crippen LogP contribution in [-0.2, 0) is 31.9 Å². The molecule has 0 fully saturated rings. The number of benzene rings is 5. The fourth-order valence-corrected chi connectivity index (χ4v) is 7.29. The molecule has 8 rings (SSSR count). The van der Waals surface area contributed by atoms with Gasteiger partial charge in [0.15, 0.2) is 0 Å². The van der Waals surface area contributed by atoms with E-state index in [1.165, 1.54) is 11.1 Å². The maximum atomic E-state index is 11.8. The molecular weight excluding hydrogens is 782 g/mol. The Balaban J connectivity index is 0.00000378. The molecule has 0 bridgehead atoms. The quantitative estimate of drug-likeness (QED) is 0.176. The van der Waals surface area contributed by atoms with Crippen LogP contribution in [0, 0.1) is 6.07 Å². The zero-order chi connectivity index (χ0) is 33.0. The van der Waals surface area contributed by atoms with Gasteiger partial charge in [0.1, 0.15) is 11.6 Å². The van der Waals surface area contributed by atoms with E-state index in [1.54, 1.807) is 0 Å². The van der Waals surface area contributed by atoms with Gasteiger partial charge in [-0.1, -0.05) is 117 Å². The molecule has 0 aliphatic heterocycles. The molecule has 0 spiro atoms. The minimum Gasteiger partial charge on any atom is -0.507 e. The van der Waals surface area contributed by atoms with Gasteiger partial charge in [0.2, 0.25) is 0 Å². The van der Waals surface area contributed by atoms with Gasteiger partial charge in [-0.3, -0.25) is 9.55 Å². The topological polar surface area (TPSA) is 50.9 Å². The van der Waals surface area contributed by atoms with Crippen LogP contribution >= 0.6 is 0 Å². The summed E-state index contributed by atoms with van der Waals surface area (Å²) in [6.45, 7) is 9.19. The first kappa shape index (κ1) is 32.7. The molecule has 4 nitrogen and oxygen atoms in total. The number of aromatic hydroxyl groups is 1. The van der Waals surface area contributed by atoms with Crippen LogP contribution < -0.4 is 0 Å². The number of phenols is 1. The Bertz CT molecular complexity index is 2230. The van der Waals surface area contributed by atoms with Crippen LogP contribution in [0.1, 0.15) is 51.7 Å². The molecule has 0 atom stereocenters. The van der Waals surface area contributed by atoms with Gasteiger partial charge in [-0.2, -0.15) is 0 Å². The van der Waals surface area contributed by atoms with Crippen LogP contribution in [0.25, 0.3) is 61.6 Å². The molecule has 0 saturated heterocycles. The summed E-state index contributed by atoms with van der Waals surface area (Å²) in [4.78, 5) is 10.1. The molecule has 2 heterocycles. The minimum absolute atomic E-state index is 0. The first-order valence-corrected chi connectivity index (χ1v) is 16.7. The van der Waals surface area contributed by atoms with E-state index in [1.807, 2.05) is 54.7 Å². The van der Waals surface area contributed by atoms with Crippen molar-refractivity contribution in [3.63, 3.8) is 0 Å². The van der Waals surface area contributed by atoms with Crippen LogP contribution in [0.5, 0.6) is 5.75 Å². The van der Waals surface area contributed by atoms with Crippen molar-refractivity contribution in [2.45, 2.75) is 51.4 Å². The van der Waals surface area contributed by atoms with Crippen molar-refractivity contribution in [3.8, 4) is 56.3 Å². The van der Waals surface area contributed by atoms with Gasteiger partial charge in [0, 0.05) is 38.6 Å². The third-order valence-electron chi connectivity index (χ3n) is 10.1. The number of nitrogens with zero attached hydrogens (tertiary/aromatic N) is 3. The Hall–Kier alpha value is -4.79. The Morgan fingerprint density at radius 2 is 1.31 bits per heavy atom. The van der Waals surface area contributed by atoms with Crippen molar-refractivity contribution in [1.82, 2.24) is 14.5 Å². The average Bonchev–Trinajstić information content (AvgIpc) is 3.51. The minimum atomic E-state index is -0.0171. The van der Waals surface area contributed by atoms with Gasteiger partial charge in [-0.25, -0.2) is 4.98 Å². The van der Waals surface area contributed by atoms with Crippen LogP contribution in [0.4, 0.5) is 0 Å². The normalized spacial score (nSPS) is 14.6. The first-order valence-electron chi connectivity index (χ1n) is 16.7. The number of hydrogen-bond donors (Lipinski definition) is 1. The predicted molar refractivity (Wildman–Crippen MR) is 196 cm³/mol. The van der Waals surface area contributed by atoms with Crippen LogP contribution in [0.2, 0.25) is 0 Å². The maximum absolute atomic E-state index is 11.8. The number of rotatable bonds is 5. The van der Waals surface area contributed by atoms with Crippen molar-refractivity contribution >= 4 is 11.0 Å². The summed E-state index contributed by atoms with van der Waals surface area (Å²) < 4.78 is 2.18. The summed E-state index contributed by atoms with van der Waals surface area (Å²) in [6.07, 6.45) is 3.99. The maximum Gasteiger partial charge on any atom is 0.148 e. The van der Waals surface area contributed by atoms with Crippen molar-refractivity contribution in [1.29, 1.82) is 0 Å². The van der Waals surface area contributed by atoms with E-state index in [0.717, 1.165) is 68.6 Å². The number of phenolic OH excluding ortho intramolecular Hbond substituents is 1. The van der Waals surface area contributed by atoms with Gasteiger partial charge < -0.3 is 5.11 Å². The molecule has 1 aliphatic rings. The summed E-state index contributed by atoms with van der Waals surface area (Å²) >= 11 is 0. The van der Waals surface area contributed by atoms with Gasteiger partial charge in [-0.15, -0.1) is 23.8 Å². The summed E-state index contributed by atoms with van der Waals surface area (Å²) in [5.41, 5.74) is 11.9. The van der Waals surface area contributed by atoms with E-state index in [2.05, 4.69) is 116 Å². The summed E-state index contributed by atoms with van der Waals surface area (Å²) in [5, 5.41) is 11.8. The predicted octanol–water partition coefficient (Wildman–Crippen LogP) is 10.9. The van der Waals surface area contributed by atoms with E-state index in [9.17, 15) is 5.11 Å².